The topological polar surface area (TPSA) is 39.6 Å². The van der Waals surface area contributed by atoms with Gasteiger partial charge in [-0.1, -0.05) is 31.6 Å². The van der Waals surface area contributed by atoms with Gasteiger partial charge >= 0.3 is 0 Å². The maximum atomic E-state index is 9.44. The molecule has 1 aromatic heterocycles. The lowest BCUT2D eigenvalue weighted by molar-refractivity contribution is 0.213. The molecule has 1 aliphatic rings. The number of likely N-dealkylation sites (N-methyl/N-ethyl adjacent to an activating group) is 1. The van der Waals surface area contributed by atoms with Crippen molar-refractivity contribution >= 4 is 16.5 Å². The number of aryl methyl sites for hydroxylation is 1. The zero-order valence-corrected chi connectivity index (χ0v) is 13.0. The van der Waals surface area contributed by atoms with Crippen LogP contribution in [0.4, 0.5) is 5.13 Å². The number of anilines is 1. The van der Waals surface area contributed by atoms with Crippen LogP contribution in [0, 0.1) is 0 Å². The highest BCUT2D eigenvalue weighted by Crippen LogP contribution is 2.29. The summed E-state index contributed by atoms with van der Waals surface area (Å²) in [7, 11) is 2.20. The predicted octanol–water partition coefficient (Wildman–Crippen LogP) is 2.12. The van der Waals surface area contributed by atoms with Crippen LogP contribution < -0.4 is 4.90 Å². The van der Waals surface area contributed by atoms with Gasteiger partial charge in [-0.15, -0.1) is 0 Å². The molecule has 0 aromatic carbocycles. The Bertz CT molecular complexity index is 407. The van der Waals surface area contributed by atoms with E-state index in [1.165, 1.54) is 6.42 Å². The molecule has 0 spiro atoms. The van der Waals surface area contributed by atoms with Gasteiger partial charge in [-0.3, -0.25) is 4.90 Å². The third-order valence-electron chi connectivity index (χ3n) is 3.92. The van der Waals surface area contributed by atoms with Crippen LogP contribution in [-0.4, -0.2) is 47.7 Å². The van der Waals surface area contributed by atoms with Gasteiger partial charge in [0.2, 0.25) is 0 Å². The van der Waals surface area contributed by atoms with Gasteiger partial charge in [0.25, 0.3) is 0 Å². The molecular weight excluding hydrogens is 258 g/mol. The Kier molecular flexibility index (Phi) is 5.19. The second kappa shape index (κ2) is 6.68. The molecule has 0 bridgehead atoms. The lowest BCUT2D eigenvalue weighted by Crippen LogP contribution is -2.51. The van der Waals surface area contributed by atoms with Gasteiger partial charge in [-0.25, -0.2) is 4.98 Å². The van der Waals surface area contributed by atoms with E-state index in [2.05, 4.69) is 30.7 Å². The molecule has 1 fully saturated rings. The van der Waals surface area contributed by atoms with Crippen molar-refractivity contribution in [2.75, 3.05) is 31.6 Å². The highest BCUT2D eigenvalue weighted by molar-refractivity contribution is 7.15. The molecule has 2 heterocycles. The maximum Gasteiger partial charge on any atom is 0.185 e. The third kappa shape index (κ3) is 3.27. The van der Waals surface area contributed by atoms with Crippen LogP contribution in [0.5, 0.6) is 0 Å². The number of hydrogen-bond acceptors (Lipinski definition) is 5. The van der Waals surface area contributed by atoms with E-state index in [0.29, 0.717) is 6.04 Å². The van der Waals surface area contributed by atoms with Crippen molar-refractivity contribution in [2.24, 2.45) is 0 Å². The molecule has 0 aliphatic carbocycles. The van der Waals surface area contributed by atoms with Crippen molar-refractivity contribution in [3.63, 3.8) is 0 Å². The molecule has 5 heteroatoms. The SMILES string of the molecule is CCCc1nc(N2CCN(C)C(CC)C2)sc1CO. The highest BCUT2D eigenvalue weighted by atomic mass is 32.1. The summed E-state index contributed by atoms with van der Waals surface area (Å²) in [6.45, 7) is 7.71. The highest BCUT2D eigenvalue weighted by Gasteiger charge is 2.25. The van der Waals surface area contributed by atoms with Gasteiger partial charge in [0.05, 0.1) is 17.2 Å². The summed E-state index contributed by atoms with van der Waals surface area (Å²) in [6.07, 6.45) is 3.22. The van der Waals surface area contributed by atoms with Crippen molar-refractivity contribution in [3.05, 3.63) is 10.6 Å². The molecule has 0 radical (unpaired) electrons. The van der Waals surface area contributed by atoms with E-state index < -0.39 is 0 Å². The zero-order valence-electron chi connectivity index (χ0n) is 12.2. The fourth-order valence-electron chi connectivity index (χ4n) is 2.62. The van der Waals surface area contributed by atoms with E-state index in [0.717, 1.165) is 48.2 Å². The Labute approximate surface area is 120 Å². The minimum atomic E-state index is 0.123. The number of piperazine rings is 1. The zero-order chi connectivity index (χ0) is 13.8. The molecule has 0 amide bonds. The molecule has 1 aliphatic heterocycles. The van der Waals surface area contributed by atoms with Crippen molar-refractivity contribution in [1.29, 1.82) is 0 Å². The average molecular weight is 283 g/mol. The molecule has 19 heavy (non-hydrogen) atoms. The van der Waals surface area contributed by atoms with Gasteiger partial charge in [0, 0.05) is 25.7 Å². The van der Waals surface area contributed by atoms with Crippen molar-refractivity contribution in [1.82, 2.24) is 9.88 Å². The smallest absolute Gasteiger partial charge is 0.185 e. The molecule has 1 unspecified atom stereocenters. The summed E-state index contributed by atoms with van der Waals surface area (Å²) in [5.74, 6) is 0. The van der Waals surface area contributed by atoms with Crippen LogP contribution in [-0.2, 0) is 13.0 Å². The van der Waals surface area contributed by atoms with E-state index in [1.807, 2.05) is 0 Å². The van der Waals surface area contributed by atoms with Gasteiger partial charge in [-0.05, 0) is 19.9 Å². The lowest BCUT2D eigenvalue weighted by atomic mass is 10.1. The number of rotatable bonds is 5. The second-order valence-corrected chi connectivity index (χ2v) is 6.33. The van der Waals surface area contributed by atoms with Gasteiger partial charge in [0.15, 0.2) is 5.13 Å². The van der Waals surface area contributed by atoms with Crippen LogP contribution in [0.2, 0.25) is 0 Å². The average Bonchev–Trinajstić information content (AvgIpc) is 2.83. The van der Waals surface area contributed by atoms with E-state index in [4.69, 9.17) is 4.98 Å². The van der Waals surface area contributed by atoms with Crippen LogP contribution in [0.1, 0.15) is 37.3 Å². The fraction of sp³-hybridized carbons (Fsp3) is 0.786. The number of thiazole rings is 1. The Morgan fingerprint density at radius 2 is 2.16 bits per heavy atom. The third-order valence-corrected chi connectivity index (χ3v) is 5.06. The first-order valence-electron chi connectivity index (χ1n) is 7.24. The summed E-state index contributed by atoms with van der Waals surface area (Å²) >= 11 is 1.67. The number of hydrogen-bond donors (Lipinski definition) is 1. The number of aromatic nitrogens is 1. The fourth-order valence-corrected chi connectivity index (χ4v) is 3.62. The molecule has 2 rings (SSSR count). The van der Waals surface area contributed by atoms with Crippen molar-refractivity contribution in [2.45, 2.75) is 45.8 Å². The standard InChI is InChI=1S/C14H25N3OS/c1-4-6-12-13(10-18)19-14(15-12)17-8-7-16(3)11(5-2)9-17/h11,18H,4-10H2,1-3H3. The number of aliphatic hydroxyl groups is 1. The van der Waals surface area contributed by atoms with Crippen LogP contribution in [0.25, 0.3) is 0 Å². The summed E-state index contributed by atoms with van der Waals surface area (Å²) in [4.78, 5) is 10.6. The van der Waals surface area contributed by atoms with Crippen molar-refractivity contribution in [3.8, 4) is 0 Å². The first kappa shape index (κ1) is 14.8. The quantitative estimate of drug-likeness (QED) is 0.898. The maximum absolute atomic E-state index is 9.44. The number of nitrogens with zero attached hydrogens (tertiary/aromatic N) is 3. The monoisotopic (exact) mass is 283 g/mol. The molecule has 0 saturated carbocycles. The molecular formula is C14H25N3OS. The van der Waals surface area contributed by atoms with E-state index in [9.17, 15) is 5.11 Å². The van der Waals surface area contributed by atoms with E-state index >= 15 is 0 Å². The summed E-state index contributed by atoms with van der Waals surface area (Å²) < 4.78 is 0. The van der Waals surface area contributed by atoms with Crippen LogP contribution >= 0.6 is 11.3 Å². The Hall–Kier alpha value is -0.650. The molecule has 1 atom stereocenters. The Balaban J connectivity index is 2.13. The normalized spacial score (nSPS) is 21.1. The summed E-state index contributed by atoms with van der Waals surface area (Å²) in [5, 5.41) is 10.5. The second-order valence-electron chi connectivity index (χ2n) is 5.26. The molecule has 1 saturated heterocycles. The van der Waals surface area contributed by atoms with Crippen LogP contribution in [0.3, 0.4) is 0 Å². The van der Waals surface area contributed by atoms with E-state index in [1.54, 1.807) is 11.3 Å². The van der Waals surface area contributed by atoms with Gasteiger partial charge in [-0.2, -0.15) is 0 Å². The van der Waals surface area contributed by atoms with Crippen LogP contribution in [0.15, 0.2) is 0 Å². The molecule has 1 aromatic rings. The Morgan fingerprint density at radius 1 is 1.37 bits per heavy atom. The van der Waals surface area contributed by atoms with Crippen molar-refractivity contribution < 1.29 is 5.11 Å². The van der Waals surface area contributed by atoms with Gasteiger partial charge < -0.3 is 10.0 Å². The minimum Gasteiger partial charge on any atom is -0.391 e. The van der Waals surface area contributed by atoms with Gasteiger partial charge in [0.1, 0.15) is 0 Å². The first-order chi connectivity index (χ1) is 9.19. The first-order valence-corrected chi connectivity index (χ1v) is 8.05. The Morgan fingerprint density at radius 3 is 2.79 bits per heavy atom. The predicted molar refractivity (Wildman–Crippen MR) is 81.0 cm³/mol. The minimum absolute atomic E-state index is 0.123. The van der Waals surface area contributed by atoms with E-state index in [-0.39, 0.29) is 6.61 Å². The lowest BCUT2D eigenvalue weighted by Gasteiger charge is -2.39. The molecule has 4 nitrogen and oxygen atoms in total. The molecule has 1 N–H and O–H groups in total. The summed E-state index contributed by atoms with van der Waals surface area (Å²) in [6, 6.07) is 0.616. The largest absolute Gasteiger partial charge is 0.391 e. The molecule has 108 valence electrons. The summed E-state index contributed by atoms with van der Waals surface area (Å²) in [5.41, 5.74) is 1.09. The number of aliphatic hydroxyl groups excluding tert-OH is 1.